The van der Waals surface area contributed by atoms with Gasteiger partial charge < -0.3 is 5.32 Å². The van der Waals surface area contributed by atoms with Gasteiger partial charge in [0.15, 0.2) is 0 Å². The zero-order valence-corrected chi connectivity index (χ0v) is 9.21. The fourth-order valence-electron chi connectivity index (χ4n) is 1.03. The Hall–Kier alpha value is 0.0674. The standard InChI is InChI=1S/C10H22N2.Li.H/c1-9(2,3)7-8(11)12-10(4,5)6;;/h7H2,1-6H3,(H2,11,12);;. The second-order valence-electron chi connectivity index (χ2n) is 5.59. The Morgan fingerprint density at radius 2 is 1.46 bits per heavy atom. The Bertz CT molecular complexity index is 145. The topological polar surface area (TPSA) is 35.9 Å². The Morgan fingerprint density at radius 1 is 1.08 bits per heavy atom. The average Bonchev–Trinajstić information content (AvgIpc) is 1.49. The third-order valence-electron chi connectivity index (χ3n) is 1.23. The van der Waals surface area contributed by atoms with Crippen LogP contribution in [0.1, 0.15) is 48.0 Å². The van der Waals surface area contributed by atoms with E-state index in [0.29, 0.717) is 5.84 Å². The Labute approximate surface area is 94.6 Å². The van der Waals surface area contributed by atoms with E-state index in [-0.39, 0.29) is 29.8 Å². The molecule has 0 saturated carbocycles. The maximum atomic E-state index is 7.69. The van der Waals surface area contributed by atoms with Crippen LogP contribution in [0.4, 0.5) is 0 Å². The molecule has 0 saturated heterocycles. The summed E-state index contributed by atoms with van der Waals surface area (Å²) < 4.78 is 0. The van der Waals surface area contributed by atoms with E-state index in [0.717, 1.165) is 6.42 Å². The van der Waals surface area contributed by atoms with E-state index in [2.05, 4.69) is 46.9 Å². The van der Waals surface area contributed by atoms with Crippen molar-refractivity contribution in [3.05, 3.63) is 0 Å². The summed E-state index contributed by atoms with van der Waals surface area (Å²) in [6, 6.07) is 0. The van der Waals surface area contributed by atoms with Crippen LogP contribution in [-0.2, 0) is 0 Å². The van der Waals surface area contributed by atoms with Crippen LogP contribution < -0.4 is 5.32 Å². The molecule has 0 spiro atoms. The van der Waals surface area contributed by atoms with Gasteiger partial charge in [-0.2, -0.15) is 0 Å². The monoisotopic (exact) mass is 178 g/mol. The first kappa shape index (κ1) is 15.5. The molecule has 3 heteroatoms. The number of hydrogen-bond donors (Lipinski definition) is 2. The molecule has 0 aromatic carbocycles. The summed E-state index contributed by atoms with van der Waals surface area (Å²) in [4.78, 5) is 0. The van der Waals surface area contributed by atoms with Gasteiger partial charge in [0.25, 0.3) is 0 Å². The molecule has 0 heterocycles. The van der Waals surface area contributed by atoms with Crippen molar-refractivity contribution < 1.29 is 0 Å². The first-order valence-corrected chi connectivity index (χ1v) is 4.46. The van der Waals surface area contributed by atoms with Crippen LogP contribution in [0.15, 0.2) is 0 Å². The Balaban J connectivity index is 0. The zero-order chi connectivity index (χ0) is 9.99. The summed E-state index contributed by atoms with van der Waals surface area (Å²) in [5.41, 5.74) is 0.220. The number of hydrogen-bond acceptors (Lipinski definition) is 1. The van der Waals surface area contributed by atoms with Crippen LogP contribution in [0, 0.1) is 10.8 Å². The average molecular weight is 178 g/mol. The minimum absolute atomic E-state index is 0. The number of rotatable bonds is 1. The molecule has 0 bridgehead atoms. The van der Waals surface area contributed by atoms with Crippen molar-refractivity contribution in [2.75, 3.05) is 0 Å². The molecule has 0 unspecified atom stereocenters. The first-order valence-electron chi connectivity index (χ1n) is 4.46. The fourth-order valence-corrected chi connectivity index (χ4v) is 1.03. The molecule has 2 N–H and O–H groups in total. The molecule has 0 atom stereocenters. The van der Waals surface area contributed by atoms with Crippen molar-refractivity contribution in [1.82, 2.24) is 5.32 Å². The van der Waals surface area contributed by atoms with Gasteiger partial charge in [-0.15, -0.1) is 0 Å². The quantitative estimate of drug-likeness (QED) is 0.360. The van der Waals surface area contributed by atoms with Gasteiger partial charge in [-0.1, -0.05) is 20.8 Å². The predicted molar refractivity (Wildman–Crippen MR) is 61.8 cm³/mol. The molecule has 0 radical (unpaired) electrons. The molecule has 0 rings (SSSR count). The summed E-state index contributed by atoms with van der Waals surface area (Å²) in [5, 5.41) is 10.8. The molecular formula is C10H23LiN2. The number of nitrogens with one attached hydrogen (secondary N) is 2. The Kier molecular flexibility index (Phi) is 6.06. The first-order chi connectivity index (χ1) is 5.10. The van der Waals surface area contributed by atoms with Gasteiger partial charge in [0.2, 0.25) is 0 Å². The van der Waals surface area contributed by atoms with Crippen molar-refractivity contribution >= 4 is 24.7 Å². The van der Waals surface area contributed by atoms with Crippen molar-refractivity contribution in [3.8, 4) is 0 Å². The van der Waals surface area contributed by atoms with E-state index in [4.69, 9.17) is 5.41 Å². The normalized spacial score (nSPS) is 11.8. The Morgan fingerprint density at radius 3 is 1.69 bits per heavy atom. The maximum absolute atomic E-state index is 7.69. The van der Waals surface area contributed by atoms with Crippen LogP contribution in [-0.4, -0.2) is 30.2 Å². The molecule has 0 aromatic rings. The van der Waals surface area contributed by atoms with Gasteiger partial charge in [0, 0.05) is 12.0 Å². The van der Waals surface area contributed by atoms with E-state index in [1.54, 1.807) is 0 Å². The van der Waals surface area contributed by atoms with Crippen molar-refractivity contribution in [3.63, 3.8) is 0 Å². The molecule has 2 nitrogen and oxygen atoms in total. The van der Waals surface area contributed by atoms with Crippen LogP contribution in [0.5, 0.6) is 0 Å². The van der Waals surface area contributed by atoms with Crippen molar-refractivity contribution in [1.29, 1.82) is 5.41 Å². The minimum atomic E-state index is 0. The van der Waals surface area contributed by atoms with Gasteiger partial charge in [-0.3, -0.25) is 5.41 Å². The van der Waals surface area contributed by atoms with Crippen molar-refractivity contribution in [2.24, 2.45) is 5.41 Å². The molecule has 0 aliphatic rings. The second kappa shape index (κ2) is 5.07. The molecule has 13 heavy (non-hydrogen) atoms. The van der Waals surface area contributed by atoms with Gasteiger partial charge >= 0.3 is 18.9 Å². The molecule has 0 fully saturated rings. The van der Waals surface area contributed by atoms with Gasteiger partial charge in [-0.25, -0.2) is 0 Å². The van der Waals surface area contributed by atoms with Crippen LogP contribution in [0.3, 0.4) is 0 Å². The van der Waals surface area contributed by atoms with Crippen LogP contribution in [0.2, 0.25) is 0 Å². The van der Waals surface area contributed by atoms with Crippen LogP contribution in [0.25, 0.3) is 0 Å². The third-order valence-corrected chi connectivity index (χ3v) is 1.23. The van der Waals surface area contributed by atoms with E-state index in [9.17, 15) is 0 Å². The van der Waals surface area contributed by atoms with Gasteiger partial charge in [-0.05, 0) is 26.2 Å². The van der Waals surface area contributed by atoms with Gasteiger partial charge in [0.1, 0.15) is 0 Å². The molecular weight excluding hydrogens is 155 g/mol. The van der Waals surface area contributed by atoms with E-state index in [1.165, 1.54) is 0 Å². The van der Waals surface area contributed by atoms with Crippen LogP contribution >= 0.6 is 0 Å². The molecule has 0 aliphatic heterocycles. The van der Waals surface area contributed by atoms with E-state index >= 15 is 0 Å². The third kappa shape index (κ3) is 12.1. The summed E-state index contributed by atoms with van der Waals surface area (Å²) in [6.07, 6.45) is 0.810. The van der Waals surface area contributed by atoms with E-state index < -0.39 is 0 Å². The summed E-state index contributed by atoms with van der Waals surface area (Å²) in [5.74, 6) is 0.634. The zero-order valence-electron chi connectivity index (χ0n) is 9.21. The summed E-state index contributed by atoms with van der Waals surface area (Å²) in [6.45, 7) is 12.7. The SMILES string of the molecule is CC(C)(C)CC(=N)NC(C)(C)C.[LiH]. The molecule has 74 valence electrons. The summed E-state index contributed by atoms with van der Waals surface area (Å²) in [7, 11) is 0. The predicted octanol–water partition coefficient (Wildman–Crippen LogP) is 2.14. The molecule has 0 aromatic heterocycles. The fraction of sp³-hybridized carbons (Fsp3) is 0.900. The van der Waals surface area contributed by atoms with E-state index in [1.807, 2.05) is 0 Å². The molecule has 0 aliphatic carbocycles. The van der Waals surface area contributed by atoms with Gasteiger partial charge in [0.05, 0.1) is 5.84 Å². The second-order valence-corrected chi connectivity index (χ2v) is 5.59. The summed E-state index contributed by atoms with van der Waals surface area (Å²) >= 11 is 0. The molecule has 0 amide bonds. The van der Waals surface area contributed by atoms with Crippen molar-refractivity contribution in [2.45, 2.75) is 53.5 Å². The number of amidine groups is 1.